The van der Waals surface area contributed by atoms with E-state index in [2.05, 4.69) is 10.1 Å². The normalized spacial score (nSPS) is 18.7. The first kappa shape index (κ1) is 18.8. The number of sulfone groups is 1. The number of rotatable bonds is 4. The summed E-state index contributed by atoms with van der Waals surface area (Å²) < 4.78 is 28.3. The van der Waals surface area contributed by atoms with Crippen molar-refractivity contribution < 1.29 is 17.7 Å². The van der Waals surface area contributed by atoms with Crippen LogP contribution in [0.25, 0.3) is 11.4 Å². The van der Waals surface area contributed by atoms with Gasteiger partial charge in [0.25, 0.3) is 0 Å². The van der Waals surface area contributed by atoms with Crippen LogP contribution in [0.5, 0.6) is 0 Å². The Kier molecular flexibility index (Phi) is 5.07. The van der Waals surface area contributed by atoms with Gasteiger partial charge < -0.3 is 9.42 Å². The van der Waals surface area contributed by atoms with Crippen molar-refractivity contribution in [2.45, 2.75) is 31.4 Å². The molecule has 1 aromatic heterocycles. The van der Waals surface area contributed by atoms with Crippen molar-refractivity contribution in [2.24, 2.45) is 0 Å². The zero-order valence-electron chi connectivity index (χ0n) is 14.6. The molecule has 0 unspecified atom stereocenters. The zero-order chi connectivity index (χ0) is 18.9. The van der Waals surface area contributed by atoms with Crippen molar-refractivity contribution in [3.8, 4) is 11.4 Å². The van der Waals surface area contributed by atoms with Gasteiger partial charge in [-0.3, -0.25) is 4.79 Å². The minimum atomic E-state index is -3.17. The van der Waals surface area contributed by atoms with Crippen LogP contribution in [0, 0.1) is 0 Å². The first-order valence-corrected chi connectivity index (χ1v) is 10.3. The van der Waals surface area contributed by atoms with Crippen molar-refractivity contribution >= 4 is 27.3 Å². The predicted molar refractivity (Wildman–Crippen MR) is 97.5 cm³/mol. The molecule has 1 aromatic carbocycles. The van der Waals surface area contributed by atoms with Crippen molar-refractivity contribution in [1.29, 1.82) is 0 Å². The second-order valence-electron chi connectivity index (χ2n) is 6.91. The molecule has 0 radical (unpaired) electrons. The number of hydrogen-bond donors (Lipinski definition) is 0. The monoisotopic (exact) mass is 397 g/mol. The summed E-state index contributed by atoms with van der Waals surface area (Å²) in [6.45, 7) is 3.73. The summed E-state index contributed by atoms with van der Waals surface area (Å²) in [5.74, 6) is 0.688. The molecule has 1 aliphatic heterocycles. The van der Waals surface area contributed by atoms with Gasteiger partial charge in [0.15, 0.2) is 9.84 Å². The number of carbonyl (C=O) groups is 1. The van der Waals surface area contributed by atoms with E-state index in [4.69, 9.17) is 16.1 Å². The summed E-state index contributed by atoms with van der Waals surface area (Å²) in [5, 5.41) is 4.54. The quantitative estimate of drug-likeness (QED) is 0.786. The van der Waals surface area contributed by atoms with Crippen LogP contribution < -0.4 is 0 Å². The summed E-state index contributed by atoms with van der Waals surface area (Å²) >= 11 is 5.86. The van der Waals surface area contributed by atoms with Gasteiger partial charge in [0.2, 0.25) is 17.6 Å². The van der Waals surface area contributed by atoms with E-state index in [1.807, 2.05) is 0 Å². The summed E-state index contributed by atoms with van der Waals surface area (Å²) in [7, 11) is -3.17. The van der Waals surface area contributed by atoms with E-state index in [9.17, 15) is 13.2 Å². The highest BCUT2D eigenvalue weighted by atomic mass is 35.5. The zero-order valence-corrected chi connectivity index (χ0v) is 16.2. The van der Waals surface area contributed by atoms with Crippen LogP contribution in [0.3, 0.4) is 0 Å². The van der Waals surface area contributed by atoms with E-state index in [0.29, 0.717) is 23.2 Å². The Morgan fingerprint density at radius 1 is 1.31 bits per heavy atom. The predicted octanol–water partition coefficient (Wildman–Crippen LogP) is 2.36. The van der Waals surface area contributed by atoms with Gasteiger partial charge in [0, 0.05) is 36.5 Å². The molecule has 1 amide bonds. The molecular formula is C17H20ClN3O4S. The number of amides is 1. The molecule has 7 nitrogen and oxygen atoms in total. The van der Waals surface area contributed by atoms with Crippen LogP contribution in [-0.2, 0) is 21.1 Å². The van der Waals surface area contributed by atoms with E-state index in [1.54, 1.807) is 43.0 Å². The third kappa shape index (κ3) is 3.91. The molecule has 1 aliphatic rings. The van der Waals surface area contributed by atoms with Crippen molar-refractivity contribution in [1.82, 2.24) is 15.0 Å². The molecule has 9 heteroatoms. The lowest BCUT2D eigenvalue weighted by Crippen LogP contribution is -2.54. The molecule has 140 valence electrons. The molecule has 3 rings (SSSR count). The van der Waals surface area contributed by atoms with Gasteiger partial charge in [-0.15, -0.1) is 0 Å². The Morgan fingerprint density at radius 3 is 2.65 bits per heavy atom. The Labute approximate surface area is 157 Å². The van der Waals surface area contributed by atoms with E-state index in [0.717, 1.165) is 5.56 Å². The van der Waals surface area contributed by atoms with Crippen LogP contribution >= 0.6 is 11.6 Å². The summed E-state index contributed by atoms with van der Waals surface area (Å²) in [4.78, 5) is 18.3. The Morgan fingerprint density at radius 2 is 2.00 bits per heavy atom. The topological polar surface area (TPSA) is 93.4 Å². The first-order chi connectivity index (χ1) is 12.2. The van der Waals surface area contributed by atoms with E-state index < -0.39 is 14.6 Å². The summed E-state index contributed by atoms with van der Waals surface area (Å²) in [6, 6.07) is 7.06. The molecule has 0 aliphatic carbocycles. The second kappa shape index (κ2) is 7.00. The minimum Gasteiger partial charge on any atom is -0.340 e. The fourth-order valence-corrected chi connectivity index (χ4v) is 4.29. The standard InChI is InChI=1S/C17H20ClN3O4S/c1-17(2)11-21(9-10-26(17,23)24)15(22)8-7-14-19-16(20-25-14)12-3-5-13(18)6-4-12/h3-6H,7-11H2,1-2H3. The number of aromatic nitrogens is 2. The number of carbonyl (C=O) groups excluding carboxylic acids is 1. The average Bonchev–Trinajstić information content (AvgIpc) is 3.05. The number of hydrogen-bond acceptors (Lipinski definition) is 6. The largest absolute Gasteiger partial charge is 0.340 e. The molecule has 0 atom stereocenters. The van der Waals surface area contributed by atoms with Crippen molar-refractivity contribution in [3.05, 3.63) is 35.2 Å². The van der Waals surface area contributed by atoms with Gasteiger partial charge in [-0.05, 0) is 38.1 Å². The lowest BCUT2D eigenvalue weighted by molar-refractivity contribution is -0.131. The molecule has 0 bridgehead atoms. The van der Waals surface area contributed by atoms with Crippen LogP contribution in [0.4, 0.5) is 0 Å². The number of benzene rings is 1. The Bertz CT molecular complexity index is 906. The fourth-order valence-electron chi connectivity index (χ4n) is 2.80. The van der Waals surface area contributed by atoms with Gasteiger partial charge in [-0.25, -0.2) is 8.42 Å². The van der Waals surface area contributed by atoms with Gasteiger partial charge in [0.1, 0.15) is 0 Å². The second-order valence-corrected chi connectivity index (χ2v) is 10.1. The number of aryl methyl sites for hydroxylation is 1. The lowest BCUT2D eigenvalue weighted by Gasteiger charge is -2.37. The molecule has 0 N–H and O–H groups in total. The van der Waals surface area contributed by atoms with E-state index in [-0.39, 0.29) is 31.2 Å². The van der Waals surface area contributed by atoms with Crippen LogP contribution in [0.1, 0.15) is 26.2 Å². The number of nitrogens with zero attached hydrogens (tertiary/aromatic N) is 3. The Balaban J connectivity index is 1.59. The summed E-state index contributed by atoms with van der Waals surface area (Å²) in [6.07, 6.45) is 0.501. The molecule has 1 saturated heterocycles. The van der Waals surface area contributed by atoms with Crippen LogP contribution in [0.2, 0.25) is 5.02 Å². The van der Waals surface area contributed by atoms with Gasteiger partial charge in [-0.2, -0.15) is 4.98 Å². The highest BCUT2D eigenvalue weighted by Gasteiger charge is 2.41. The Hall–Kier alpha value is -1.93. The molecule has 2 heterocycles. The fraction of sp³-hybridized carbons (Fsp3) is 0.471. The highest BCUT2D eigenvalue weighted by molar-refractivity contribution is 7.92. The molecule has 26 heavy (non-hydrogen) atoms. The lowest BCUT2D eigenvalue weighted by atomic mass is 10.1. The molecule has 1 fully saturated rings. The van der Waals surface area contributed by atoms with Crippen LogP contribution in [-0.4, -0.2) is 53.0 Å². The third-order valence-electron chi connectivity index (χ3n) is 4.52. The van der Waals surface area contributed by atoms with Gasteiger partial charge >= 0.3 is 0 Å². The maximum absolute atomic E-state index is 12.4. The molecular weight excluding hydrogens is 378 g/mol. The first-order valence-electron chi connectivity index (χ1n) is 8.26. The maximum atomic E-state index is 12.4. The van der Waals surface area contributed by atoms with Crippen molar-refractivity contribution in [2.75, 3.05) is 18.8 Å². The van der Waals surface area contributed by atoms with Crippen molar-refractivity contribution in [3.63, 3.8) is 0 Å². The average molecular weight is 398 g/mol. The minimum absolute atomic E-state index is 0.00693. The maximum Gasteiger partial charge on any atom is 0.227 e. The van der Waals surface area contributed by atoms with Crippen LogP contribution in [0.15, 0.2) is 28.8 Å². The smallest absolute Gasteiger partial charge is 0.227 e. The molecule has 2 aromatic rings. The summed E-state index contributed by atoms with van der Waals surface area (Å²) in [5.41, 5.74) is 0.777. The molecule has 0 saturated carbocycles. The molecule has 0 spiro atoms. The van der Waals surface area contributed by atoms with E-state index in [1.165, 1.54) is 0 Å². The highest BCUT2D eigenvalue weighted by Crippen LogP contribution is 2.24. The SMILES string of the molecule is CC1(C)CN(C(=O)CCc2nc(-c3ccc(Cl)cc3)no2)CCS1(=O)=O. The van der Waals surface area contributed by atoms with E-state index >= 15 is 0 Å². The number of halogens is 1. The third-order valence-corrected chi connectivity index (χ3v) is 7.30. The van der Waals surface area contributed by atoms with Gasteiger partial charge in [-0.1, -0.05) is 16.8 Å². The van der Waals surface area contributed by atoms with Gasteiger partial charge in [0.05, 0.1) is 10.5 Å².